The molecule has 6 nitrogen and oxygen atoms in total. The molecule has 0 aromatic heterocycles. The van der Waals surface area contributed by atoms with Gasteiger partial charge in [0.1, 0.15) is 17.4 Å². The molecule has 0 saturated carbocycles. The number of rotatable bonds is 5. The molecule has 1 aromatic carbocycles. The van der Waals surface area contributed by atoms with Gasteiger partial charge in [-0.2, -0.15) is 5.26 Å². The molecule has 6 heteroatoms. The van der Waals surface area contributed by atoms with Gasteiger partial charge in [0.05, 0.1) is 11.5 Å². The van der Waals surface area contributed by atoms with Gasteiger partial charge in [0.2, 0.25) is 0 Å². The highest BCUT2D eigenvalue weighted by atomic mass is 16.6. The summed E-state index contributed by atoms with van der Waals surface area (Å²) < 4.78 is 5.60. The van der Waals surface area contributed by atoms with E-state index in [9.17, 15) is 10.1 Å². The van der Waals surface area contributed by atoms with E-state index in [2.05, 4.69) is 11.9 Å². The minimum absolute atomic E-state index is 0.0931. The van der Waals surface area contributed by atoms with Crippen LogP contribution in [0.15, 0.2) is 18.2 Å². The zero-order valence-corrected chi connectivity index (χ0v) is 11.4. The molecule has 1 aromatic rings. The standard InChI is InChI=1S/C14H17N3O3/c1-16-7-2-3-12(16)6-8-20-14-5-4-13(17(18)19)9-11(14)10-15/h4-5,9,12H,2-3,6-8H2,1H3. The lowest BCUT2D eigenvalue weighted by molar-refractivity contribution is -0.384. The third kappa shape index (κ3) is 3.25. The van der Waals surface area contributed by atoms with E-state index < -0.39 is 4.92 Å². The van der Waals surface area contributed by atoms with Gasteiger partial charge in [0, 0.05) is 18.2 Å². The number of benzene rings is 1. The van der Waals surface area contributed by atoms with Crippen molar-refractivity contribution >= 4 is 5.69 Å². The van der Waals surface area contributed by atoms with E-state index in [4.69, 9.17) is 10.00 Å². The molecule has 1 heterocycles. The molecular formula is C14H17N3O3. The first-order valence-electron chi connectivity index (χ1n) is 6.63. The normalized spacial score (nSPS) is 18.7. The molecule has 106 valence electrons. The van der Waals surface area contributed by atoms with Crippen LogP contribution in [-0.4, -0.2) is 36.1 Å². The van der Waals surface area contributed by atoms with Gasteiger partial charge in [0.15, 0.2) is 0 Å². The van der Waals surface area contributed by atoms with Crippen LogP contribution in [0.5, 0.6) is 5.75 Å². The predicted octanol–water partition coefficient (Wildman–Crippen LogP) is 2.33. The van der Waals surface area contributed by atoms with E-state index in [-0.39, 0.29) is 11.3 Å². The number of hydrogen-bond donors (Lipinski definition) is 0. The predicted molar refractivity (Wildman–Crippen MR) is 73.6 cm³/mol. The van der Waals surface area contributed by atoms with Gasteiger partial charge in [0.25, 0.3) is 5.69 Å². The fourth-order valence-electron chi connectivity index (χ4n) is 2.49. The first kappa shape index (κ1) is 14.3. The Morgan fingerprint density at radius 1 is 1.60 bits per heavy atom. The molecule has 2 rings (SSSR count). The summed E-state index contributed by atoms with van der Waals surface area (Å²) in [7, 11) is 2.10. The number of nitrogens with zero attached hydrogens (tertiary/aromatic N) is 3. The highest BCUT2D eigenvalue weighted by Gasteiger charge is 2.20. The second-order valence-electron chi connectivity index (χ2n) is 4.96. The van der Waals surface area contributed by atoms with Crippen molar-refractivity contribution in [1.82, 2.24) is 4.90 Å². The monoisotopic (exact) mass is 275 g/mol. The van der Waals surface area contributed by atoms with Crippen LogP contribution in [0.2, 0.25) is 0 Å². The Balaban J connectivity index is 1.95. The topological polar surface area (TPSA) is 79.4 Å². The summed E-state index contributed by atoms with van der Waals surface area (Å²) in [6.45, 7) is 1.63. The van der Waals surface area contributed by atoms with E-state index in [1.165, 1.54) is 31.0 Å². The number of non-ortho nitro benzene ring substituents is 1. The minimum atomic E-state index is -0.516. The molecule has 1 unspecified atom stereocenters. The van der Waals surface area contributed by atoms with Gasteiger partial charge in [-0.1, -0.05) is 0 Å². The first-order valence-corrected chi connectivity index (χ1v) is 6.63. The van der Waals surface area contributed by atoms with Gasteiger partial charge >= 0.3 is 0 Å². The number of ether oxygens (including phenoxy) is 1. The van der Waals surface area contributed by atoms with Gasteiger partial charge in [-0.05, 0) is 38.9 Å². The van der Waals surface area contributed by atoms with Crippen LogP contribution >= 0.6 is 0 Å². The Morgan fingerprint density at radius 3 is 3.00 bits per heavy atom. The maximum absolute atomic E-state index is 10.7. The largest absolute Gasteiger partial charge is 0.492 e. The second kappa shape index (κ2) is 6.35. The fourth-order valence-corrected chi connectivity index (χ4v) is 2.49. The van der Waals surface area contributed by atoms with Gasteiger partial charge in [-0.15, -0.1) is 0 Å². The van der Waals surface area contributed by atoms with Crippen molar-refractivity contribution in [3.8, 4) is 11.8 Å². The van der Waals surface area contributed by atoms with Crippen LogP contribution in [0.4, 0.5) is 5.69 Å². The van der Waals surface area contributed by atoms with Gasteiger partial charge in [-0.3, -0.25) is 10.1 Å². The molecule has 0 amide bonds. The van der Waals surface area contributed by atoms with Crippen molar-refractivity contribution in [2.45, 2.75) is 25.3 Å². The van der Waals surface area contributed by atoms with Crippen LogP contribution in [0.3, 0.4) is 0 Å². The fraction of sp³-hybridized carbons (Fsp3) is 0.500. The highest BCUT2D eigenvalue weighted by Crippen LogP contribution is 2.24. The number of nitro groups is 1. The maximum atomic E-state index is 10.7. The molecule has 0 bridgehead atoms. The van der Waals surface area contributed by atoms with Crippen LogP contribution in [0.25, 0.3) is 0 Å². The Kier molecular flexibility index (Phi) is 4.53. The lowest BCUT2D eigenvalue weighted by atomic mass is 10.1. The molecule has 0 radical (unpaired) electrons. The quantitative estimate of drug-likeness (QED) is 0.608. The Bertz CT molecular complexity index is 539. The summed E-state index contributed by atoms with van der Waals surface area (Å²) in [5.41, 5.74) is 0.114. The smallest absolute Gasteiger partial charge is 0.271 e. The summed E-state index contributed by atoms with van der Waals surface area (Å²) in [6, 6.07) is 6.57. The zero-order valence-electron chi connectivity index (χ0n) is 11.4. The van der Waals surface area contributed by atoms with E-state index in [0.717, 1.165) is 13.0 Å². The molecule has 1 aliphatic heterocycles. The van der Waals surface area contributed by atoms with Crippen molar-refractivity contribution in [1.29, 1.82) is 5.26 Å². The van der Waals surface area contributed by atoms with E-state index in [1.54, 1.807) is 0 Å². The molecule has 0 aliphatic carbocycles. The van der Waals surface area contributed by atoms with Crippen LogP contribution in [0.1, 0.15) is 24.8 Å². The SMILES string of the molecule is CN1CCCC1CCOc1ccc([N+](=O)[O-])cc1C#N. The van der Waals surface area contributed by atoms with E-state index >= 15 is 0 Å². The van der Waals surface area contributed by atoms with Crippen molar-refractivity contribution in [2.75, 3.05) is 20.2 Å². The summed E-state index contributed by atoms with van der Waals surface area (Å²) in [6.07, 6.45) is 3.28. The van der Waals surface area contributed by atoms with E-state index in [0.29, 0.717) is 18.4 Å². The Labute approximate surface area is 117 Å². The lowest BCUT2D eigenvalue weighted by Crippen LogP contribution is -2.26. The van der Waals surface area contributed by atoms with Gasteiger partial charge in [-0.25, -0.2) is 0 Å². The molecule has 1 saturated heterocycles. The number of hydrogen-bond acceptors (Lipinski definition) is 5. The summed E-state index contributed by atoms with van der Waals surface area (Å²) >= 11 is 0. The second-order valence-corrected chi connectivity index (χ2v) is 4.96. The molecule has 20 heavy (non-hydrogen) atoms. The highest BCUT2D eigenvalue weighted by molar-refractivity contribution is 5.50. The molecule has 1 atom stereocenters. The first-order chi connectivity index (χ1) is 9.61. The molecule has 0 N–H and O–H groups in total. The number of nitro benzene ring substituents is 1. The van der Waals surface area contributed by atoms with Crippen molar-refractivity contribution in [3.05, 3.63) is 33.9 Å². The average molecular weight is 275 g/mol. The van der Waals surface area contributed by atoms with Crippen molar-refractivity contribution < 1.29 is 9.66 Å². The molecule has 1 fully saturated rings. The van der Waals surface area contributed by atoms with Crippen molar-refractivity contribution in [2.24, 2.45) is 0 Å². The molecule has 0 spiro atoms. The Hall–Kier alpha value is -2.13. The molecular weight excluding hydrogens is 258 g/mol. The van der Waals surface area contributed by atoms with Crippen LogP contribution in [-0.2, 0) is 0 Å². The van der Waals surface area contributed by atoms with Gasteiger partial charge < -0.3 is 9.64 Å². The van der Waals surface area contributed by atoms with Crippen LogP contribution < -0.4 is 4.74 Å². The van der Waals surface area contributed by atoms with Crippen molar-refractivity contribution in [3.63, 3.8) is 0 Å². The van der Waals surface area contributed by atoms with E-state index in [1.807, 2.05) is 6.07 Å². The summed E-state index contributed by atoms with van der Waals surface area (Å²) in [5, 5.41) is 19.7. The number of nitriles is 1. The summed E-state index contributed by atoms with van der Waals surface area (Å²) in [4.78, 5) is 12.4. The van der Waals surface area contributed by atoms with Crippen LogP contribution in [0, 0.1) is 21.4 Å². The summed E-state index contributed by atoms with van der Waals surface area (Å²) in [5.74, 6) is 0.416. The third-order valence-corrected chi connectivity index (χ3v) is 3.67. The maximum Gasteiger partial charge on any atom is 0.271 e. The lowest BCUT2D eigenvalue weighted by Gasteiger charge is -2.19. The average Bonchev–Trinajstić information content (AvgIpc) is 2.84. The zero-order chi connectivity index (χ0) is 14.5. The third-order valence-electron chi connectivity index (χ3n) is 3.67. The molecule has 1 aliphatic rings. The Morgan fingerprint density at radius 2 is 2.40 bits per heavy atom. The minimum Gasteiger partial charge on any atom is -0.492 e. The number of likely N-dealkylation sites (tertiary alicyclic amines) is 1.